The van der Waals surface area contributed by atoms with Gasteiger partial charge in [-0.15, -0.1) is 10.1 Å². The number of aliphatic imine (C=N–C) groups is 1. The van der Waals surface area contributed by atoms with Crippen molar-refractivity contribution in [3.8, 4) is 0 Å². The van der Waals surface area contributed by atoms with Gasteiger partial charge in [-0.1, -0.05) is 0 Å². The molecule has 0 bridgehead atoms. The average molecular weight is 433 g/mol. The molecular formula is C18H31N3O9. The Morgan fingerprint density at radius 2 is 1.83 bits per heavy atom. The van der Waals surface area contributed by atoms with Crippen LogP contribution in [0.3, 0.4) is 0 Å². The van der Waals surface area contributed by atoms with Gasteiger partial charge in [0, 0.05) is 6.54 Å². The number of hydrogen-bond acceptors (Lipinski definition) is 10. The number of nitrogens with zero attached hydrogens (tertiary/aromatic N) is 2. The molecule has 0 aliphatic heterocycles. The lowest BCUT2D eigenvalue weighted by atomic mass is 10.1. The number of esters is 2. The van der Waals surface area contributed by atoms with Gasteiger partial charge in [-0.25, -0.2) is 0 Å². The van der Waals surface area contributed by atoms with Crippen molar-refractivity contribution in [1.29, 1.82) is 0 Å². The molecule has 0 aromatic heterocycles. The minimum Gasteiger partial charge on any atom is -0.465 e. The van der Waals surface area contributed by atoms with E-state index in [0.717, 1.165) is 0 Å². The van der Waals surface area contributed by atoms with E-state index in [0.29, 0.717) is 25.7 Å². The summed E-state index contributed by atoms with van der Waals surface area (Å²) >= 11 is 0. The minimum atomic E-state index is -0.881. The summed E-state index contributed by atoms with van der Waals surface area (Å²) in [7, 11) is 0. The van der Waals surface area contributed by atoms with Crippen LogP contribution in [0.4, 0.5) is 0 Å². The topological polar surface area (TPSA) is 170 Å². The van der Waals surface area contributed by atoms with Crippen molar-refractivity contribution in [3.63, 3.8) is 0 Å². The molecule has 0 radical (unpaired) electrons. The van der Waals surface area contributed by atoms with Crippen LogP contribution in [0.2, 0.25) is 0 Å². The molecule has 1 atom stereocenters. The van der Waals surface area contributed by atoms with Crippen LogP contribution in [0.25, 0.3) is 0 Å². The van der Waals surface area contributed by atoms with E-state index < -0.39 is 28.7 Å². The summed E-state index contributed by atoms with van der Waals surface area (Å²) in [6.45, 7) is 5.84. The first-order valence-electron chi connectivity index (χ1n) is 9.56. The molecule has 0 fully saturated rings. The minimum absolute atomic E-state index is 0.0586. The molecule has 1 unspecified atom stereocenters. The fourth-order valence-corrected chi connectivity index (χ4v) is 2.19. The van der Waals surface area contributed by atoms with Crippen LogP contribution in [0.15, 0.2) is 4.99 Å². The summed E-state index contributed by atoms with van der Waals surface area (Å²) < 4.78 is 15.0. The summed E-state index contributed by atoms with van der Waals surface area (Å²) in [5.41, 5.74) is 5.05. The first-order valence-corrected chi connectivity index (χ1v) is 9.56. The zero-order valence-corrected chi connectivity index (χ0v) is 17.7. The van der Waals surface area contributed by atoms with E-state index in [1.165, 1.54) is 0 Å². The normalized spacial score (nSPS) is 12.6. The highest BCUT2D eigenvalue weighted by Gasteiger charge is 2.21. The Bertz CT molecular complexity index is 588. The van der Waals surface area contributed by atoms with Crippen LogP contribution in [-0.2, 0) is 33.4 Å². The van der Waals surface area contributed by atoms with Crippen molar-refractivity contribution in [3.05, 3.63) is 10.1 Å². The average Bonchev–Trinajstić information content (AvgIpc) is 2.59. The molecule has 0 saturated carbocycles. The van der Waals surface area contributed by atoms with Gasteiger partial charge in [0.05, 0.1) is 19.6 Å². The van der Waals surface area contributed by atoms with Crippen molar-refractivity contribution >= 4 is 24.2 Å². The van der Waals surface area contributed by atoms with Gasteiger partial charge in [-0.05, 0) is 46.5 Å². The lowest BCUT2D eigenvalue weighted by Crippen LogP contribution is -2.27. The third kappa shape index (κ3) is 17.2. The second-order valence-electron chi connectivity index (χ2n) is 7.32. The van der Waals surface area contributed by atoms with Crippen molar-refractivity contribution in [1.82, 2.24) is 0 Å². The van der Waals surface area contributed by atoms with E-state index >= 15 is 0 Å². The van der Waals surface area contributed by atoms with Gasteiger partial charge in [-0.2, -0.15) is 0 Å². The number of carbonyl (C=O) groups is 3. The summed E-state index contributed by atoms with van der Waals surface area (Å²) in [6.07, 6.45) is 0.792. The SMILES string of the molecule is CC(C)(C)OC(=O)CC(CCCN=C(N)CC(=O)OCCCCO[N+](=O)[O-])OC=O. The number of unbranched alkanes of at least 4 members (excludes halogenated alkanes) is 1. The molecule has 0 amide bonds. The van der Waals surface area contributed by atoms with Crippen LogP contribution in [0.1, 0.15) is 59.3 Å². The third-order valence-corrected chi connectivity index (χ3v) is 3.39. The van der Waals surface area contributed by atoms with Gasteiger partial charge in [-0.3, -0.25) is 19.4 Å². The van der Waals surface area contributed by atoms with Gasteiger partial charge in [0.2, 0.25) is 0 Å². The number of hydrogen-bond donors (Lipinski definition) is 1. The summed E-state index contributed by atoms with van der Waals surface area (Å²) in [5.74, 6) is -0.930. The summed E-state index contributed by atoms with van der Waals surface area (Å²) in [5, 5.41) is 9.08. The number of nitrogens with two attached hydrogens (primary N) is 1. The second kappa shape index (κ2) is 15.0. The van der Waals surface area contributed by atoms with Gasteiger partial charge < -0.3 is 24.8 Å². The van der Waals surface area contributed by atoms with Crippen LogP contribution in [0, 0.1) is 10.1 Å². The maximum atomic E-state index is 11.8. The van der Waals surface area contributed by atoms with E-state index in [1.807, 2.05) is 0 Å². The molecule has 0 aliphatic carbocycles. The fourth-order valence-electron chi connectivity index (χ4n) is 2.19. The Kier molecular flexibility index (Phi) is 13.5. The van der Waals surface area contributed by atoms with E-state index in [-0.39, 0.29) is 44.9 Å². The fraction of sp³-hybridized carbons (Fsp3) is 0.778. The predicted molar refractivity (Wildman–Crippen MR) is 105 cm³/mol. The highest BCUT2D eigenvalue weighted by Crippen LogP contribution is 2.13. The van der Waals surface area contributed by atoms with E-state index in [1.54, 1.807) is 20.8 Å². The van der Waals surface area contributed by atoms with Crippen molar-refractivity contribution in [2.75, 3.05) is 19.8 Å². The Hall–Kier alpha value is -2.92. The number of ether oxygens (including phenoxy) is 3. The molecular weight excluding hydrogens is 402 g/mol. The quantitative estimate of drug-likeness (QED) is 0.0547. The number of rotatable bonds is 16. The molecule has 0 heterocycles. The van der Waals surface area contributed by atoms with Crippen LogP contribution < -0.4 is 5.73 Å². The molecule has 0 aromatic rings. The van der Waals surface area contributed by atoms with Gasteiger partial charge in [0.1, 0.15) is 24.0 Å². The zero-order chi connectivity index (χ0) is 23.0. The van der Waals surface area contributed by atoms with Gasteiger partial charge in [0.25, 0.3) is 11.6 Å². The Balaban J connectivity index is 4.09. The number of carbonyl (C=O) groups excluding carboxylic acids is 3. The molecule has 172 valence electrons. The Labute approximate surface area is 175 Å². The molecule has 0 spiro atoms. The van der Waals surface area contributed by atoms with E-state index in [9.17, 15) is 24.5 Å². The maximum Gasteiger partial charge on any atom is 0.313 e. The predicted octanol–water partition coefficient (Wildman–Crippen LogP) is 1.32. The van der Waals surface area contributed by atoms with Crippen molar-refractivity contribution in [2.45, 2.75) is 71.0 Å². The molecule has 12 heteroatoms. The van der Waals surface area contributed by atoms with E-state index in [2.05, 4.69) is 9.83 Å². The molecule has 12 nitrogen and oxygen atoms in total. The highest BCUT2D eigenvalue weighted by molar-refractivity contribution is 5.96. The van der Waals surface area contributed by atoms with Crippen LogP contribution in [0.5, 0.6) is 0 Å². The highest BCUT2D eigenvalue weighted by atomic mass is 16.9. The summed E-state index contributed by atoms with van der Waals surface area (Å²) in [4.78, 5) is 52.2. The maximum absolute atomic E-state index is 11.8. The van der Waals surface area contributed by atoms with Gasteiger partial charge >= 0.3 is 11.9 Å². The van der Waals surface area contributed by atoms with Crippen LogP contribution >= 0.6 is 0 Å². The third-order valence-electron chi connectivity index (χ3n) is 3.39. The first-order chi connectivity index (χ1) is 14.0. The standard InChI is InChI=1S/C18H31N3O9/c1-18(2,3)30-17(24)11-14(28-13-22)7-6-8-20-15(19)12-16(23)27-9-4-5-10-29-21(25)26/h13-14H,4-12H2,1-3H3,(H2,19,20). The Morgan fingerprint density at radius 3 is 2.43 bits per heavy atom. The molecule has 0 aliphatic rings. The van der Waals surface area contributed by atoms with E-state index in [4.69, 9.17) is 19.9 Å². The lowest BCUT2D eigenvalue weighted by molar-refractivity contribution is -0.757. The molecule has 0 aromatic carbocycles. The smallest absolute Gasteiger partial charge is 0.313 e. The second-order valence-corrected chi connectivity index (χ2v) is 7.32. The molecule has 0 saturated heterocycles. The van der Waals surface area contributed by atoms with Crippen molar-refractivity contribution in [2.24, 2.45) is 10.7 Å². The van der Waals surface area contributed by atoms with Crippen LogP contribution in [-0.4, -0.2) is 60.8 Å². The first kappa shape index (κ1) is 27.1. The summed E-state index contributed by atoms with van der Waals surface area (Å²) in [6, 6.07) is 0. The van der Waals surface area contributed by atoms with Crippen molar-refractivity contribution < 1.29 is 38.5 Å². The number of amidine groups is 1. The molecule has 0 rings (SSSR count). The Morgan fingerprint density at radius 1 is 1.17 bits per heavy atom. The molecule has 2 N–H and O–H groups in total. The monoisotopic (exact) mass is 433 g/mol. The lowest BCUT2D eigenvalue weighted by Gasteiger charge is -2.21. The zero-order valence-electron chi connectivity index (χ0n) is 17.7. The van der Waals surface area contributed by atoms with Gasteiger partial charge in [0.15, 0.2) is 0 Å². The molecule has 30 heavy (non-hydrogen) atoms. The largest absolute Gasteiger partial charge is 0.465 e.